The van der Waals surface area contributed by atoms with Crippen LogP contribution in [-0.2, 0) is 19.1 Å². The molecule has 1 amide bonds. The average molecular weight is 337 g/mol. The number of hydrogen-bond acceptors (Lipinski definition) is 4. The van der Waals surface area contributed by atoms with Crippen molar-refractivity contribution in [3.63, 3.8) is 0 Å². The van der Waals surface area contributed by atoms with E-state index >= 15 is 0 Å². The lowest BCUT2D eigenvalue weighted by Crippen LogP contribution is -2.47. The van der Waals surface area contributed by atoms with Crippen LogP contribution in [0, 0.1) is 6.92 Å². The summed E-state index contributed by atoms with van der Waals surface area (Å²) in [5, 5.41) is 0. The smallest absolute Gasteiger partial charge is 0.297 e. The molecule has 1 aliphatic carbocycles. The van der Waals surface area contributed by atoms with Crippen LogP contribution in [0.4, 0.5) is 0 Å². The van der Waals surface area contributed by atoms with Gasteiger partial charge in [-0.1, -0.05) is 17.7 Å². The summed E-state index contributed by atoms with van der Waals surface area (Å²) < 4.78 is 30.1. The maximum Gasteiger partial charge on any atom is 0.297 e. The summed E-state index contributed by atoms with van der Waals surface area (Å²) >= 11 is 0. The Labute approximate surface area is 137 Å². The molecule has 2 aliphatic rings. The molecular weight excluding hydrogens is 314 g/mol. The molecule has 126 valence electrons. The third-order valence-corrected chi connectivity index (χ3v) is 6.70. The van der Waals surface area contributed by atoms with Crippen molar-refractivity contribution in [2.24, 2.45) is 0 Å². The Morgan fingerprint density at radius 3 is 2.26 bits per heavy atom. The van der Waals surface area contributed by atoms with Gasteiger partial charge in [0.1, 0.15) is 0 Å². The summed E-state index contributed by atoms with van der Waals surface area (Å²) in [6, 6.07) is 6.70. The van der Waals surface area contributed by atoms with Gasteiger partial charge in [0.25, 0.3) is 10.1 Å². The first-order valence-electron chi connectivity index (χ1n) is 8.09. The summed E-state index contributed by atoms with van der Waals surface area (Å²) in [6.07, 6.45) is 4.14. The Morgan fingerprint density at radius 1 is 1.13 bits per heavy atom. The van der Waals surface area contributed by atoms with Crippen LogP contribution in [-0.4, -0.2) is 37.9 Å². The highest BCUT2D eigenvalue weighted by molar-refractivity contribution is 7.86. The third kappa shape index (κ3) is 3.15. The first-order chi connectivity index (χ1) is 10.8. The Bertz CT molecular complexity index is 688. The van der Waals surface area contributed by atoms with Crippen molar-refractivity contribution in [3.05, 3.63) is 29.8 Å². The normalized spacial score (nSPS) is 28.5. The first kappa shape index (κ1) is 16.5. The Balaban J connectivity index is 1.64. The second kappa shape index (κ2) is 5.91. The molecular formula is C17H23NO4S. The van der Waals surface area contributed by atoms with E-state index in [9.17, 15) is 13.2 Å². The zero-order chi connectivity index (χ0) is 16.7. The van der Waals surface area contributed by atoms with Gasteiger partial charge in [-0.3, -0.25) is 8.98 Å². The Morgan fingerprint density at radius 2 is 1.74 bits per heavy atom. The number of carbonyl (C=O) groups excluding carboxylic acids is 1. The second-order valence-electron chi connectivity index (χ2n) is 6.74. The quantitative estimate of drug-likeness (QED) is 0.796. The predicted molar refractivity (Wildman–Crippen MR) is 86.4 cm³/mol. The van der Waals surface area contributed by atoms with Gasteiger partial charge >= 0.3 is 0 Å². The molecule has 1 aromatic carbocycles. The van der Waals surface area contributed by atoms with E-state index in [4.69, 9.17) is 4.18 Å². The van der Waals surface area contributed by atoms with Gasteiger partial charge in [0.2, 0.25) is 5.91 Å². The molecule has 0 atom stereocenters. The summed E-state index contributed by atoms with van der Waals surface area (Å²) in [7, 11) is -1.86. The Hall–Kier alpha value is -1.40. The van der Waals surface area contributed by atoms with Gasteiger partial charge in [-0.2, -0.15) is 8.42 Å². The van der Waals surface area contributed by atoms with Crippen LogP contribution in [0.2, 0.25) is 0 Å². The highest BCUT2D eigenvalue weighted by Crippen LogP contribution is 2.42. The number of benzene rings is 1. The number of nitrogens with zero attached hydrogens (tertiary/aromatic N) is 1. The molecule has 3 rings (SSSR count). The largest absolute Gasteiger partial charge is 0.340 e. The predicted octanol–water partition coefficient (Wildman–Crippen LogP) is 2.63. The van der Waals surface area contributed by atoms with Crippen molar-refractivity contribution >= 4 is 16.0 Å². The van der Waals surface area contributed by atoms with Crippen molar-refractivity contribution in [1.29, 1.82) is 0 Å². The minimum Gasteiger partial charge on any atom is -0.340 e. The number of likely N-dealkylation sites (tertiary alicyclic amines) is 1. The van der Waals surface area contributed by atoms with Gasteiger partial charge < -0.3 is 4.90 Å². The fraction of sp³-hybridized carbons (Fsp3) is 0.588. The van der Waals surface area contributed by atoms with Crippen molar-refractivity contribution in [2.45, 2.75) is 62.0 Å². The number of carbonyl (C=O) groups is 1. The standard InChI is InChI=1S/C17H23NO4S/c1-13-3-5-15(6-4-13)23(20,21)22-14-7-10-17(11-8-14)12-9-16(19)18(17)2/h3-6,14H,7-12H2,1-2H3. The monoisotopic (exact) mass is 337 g/mol. The van der Waals surface area contributed by atoms with E-state index in [1.807, 2.05) is 18.9 Å². The van der Waals surface area contributed by atoms with Gasteiger partial charge in [-0.05, 0) is 51.2 Å². The lowest BCUT2D eigenvalue weighted by molar-refractivity contribution is -0.130. The topological polar surface area (TPSA) is 63.7 Å². The fourth-order valence-electron chi connectivity index (χ4n) is 3.69. The zero-order valence-electron chi connectivity index (χ0n) is 13.6. The lowest BCUT2D eigenvalue weighted by atomic mass is 9.79. The molecule has 2 fully saturated rings. The lowest BCUT2D eigenvalue weighted by Gasteiger charge is -2.41. The maximum absolute atomic E-state index is 12.4. The summed E-state index contributed by atoms with van der Waals surface area (Å²) in [5.41, 5.74) is 0.933. The molecule has 0 radical (unpaired) electrons. The van der Waals surface area contributed by atoms with Gasteiger partial charge in [0, 0.05) is 19.0 Å². The van der Waals surface area contributed by atoms with Crippen LogP contribution in [0.5, 0.6) is 0 Å². The molecule has 0 bridgehead atoms. The van der Waals surface area contributed by atoms with Crippen molar-refractivity contribution in [3.8, 4) is 0 Å². The second-order valence-corrected chi connectivity index (χ2v) is 8.31. The minimum atomic E-state index is -3.72. The van der Waals surface area contributed by atoms with Gasteiger partial charge in [-0.15, -0.1) is 0 Å². The maximum atomic E-state index is 12.4. The Kier molecular flexibility index (Phi) is 4.23. The van der Waals surface area contributed by atoms with Crippen LogP contribution in [0.3, 0.4) is 0 Å². The molecule has 1 saturated heterocycles. The van der Waals surface area contributed by atoms with Crippen LogP contribution in [0.25, 0.3) is 0 Å². The summed E-state index contributed by atoms with van der Waals surface area (Å²) in [6.45, 7) is 1.91. The average Bonchev–Trinajstić information content (AvgIpc) is 2.79. The number of rotatable bonds is 3. The van der Waals surface area contributed by atoms with Crippen molar-refractivity contribution in [1.82, 2.24) is 4.90 Å². The van der Waals surface area contributed by atoms with E-state index in [0.717, 1.165) is 24.8 Å². The van der Waals surface area contributed by atoms with Crippen LogP contribution in [0.15, 0.2) is 29.2 Å². The molecule has 1 aliphatic heterocycles. The molecule has 0 unspecified atom stereocenters. The van der Waals surface area contributed by atoms with Crippen molar-refractivity contribution < 1.29 is 17.4 Å². The van der Waals surface area contributed by atoms with Crippen LogP contribution < -0.4 is 0 Å². The molecule has 23 heavy (non-hydrogen) atoms. The highest BCUT2D eigenvalue weighted by atomic mass is 32.2. The molecule has 5 nitrogen and oxygen atoms in total. The molecule has 1 saturated carbocycles. The van der Waals surface area contributed by atoms with E-state index in [0.29, 0.717) is 19.3 Å². The SMILES string of the molecule is Cc1ccc(S(=O)(=O)OC2CCC3(CCC(=O)N3C)CC2)cc1. The van der Waals surface area contributed by atoms with E-state index < -0.39 is 10.1 Å². The highest BCUT2D eigenvalue weighted by Gasteiger charge is 2.45. The number of aryl methyl sites for hydroxylation is 1. The van der Waals surface area contributed by atoms with Crippen LogP contribution >= 0.6 is 0 Å². The van der Waals surface area contributed by atoms with E-state index in [1.54, 1.807) is 24.3 Å². The van der Waals surface area contributed by atoms with Gasteiger partial charge in [0.05, 0.1) is 11.0 Å². The summed E-state index contributed by atoms with van der Waals surface area (Å²) in [4.78, 5) is 13.8. The molecule has 6 heteroatoms. The van der Waals surface area contributed by atoms with Gasteiger partial charge in [-0.25, -0.2) is 0 Å². The van der Waals surface area contributed by atoms with E-state index in [1.165, 1.54) is 0 Å². The molecule has 0 aromatic heterocycles. The molecule has 1 aromatic rings. The van der Waals surface area contributed by atoms with E-state index in [-0.39, 0.29) is 22.4 Å². The summed E-state index contributed by atoms with van der Waals surface area (Å²) in [5.74, 6) is 0.191. The molecule has 1 heterocycles. The number of hydrogen-bond donors (Lipinski definition) is 0. The number of amides is 1. The third-order valence-electron chi connectivity index (χ3n) is 5.33. The van der Waals surface area contributed by atoms with E-state index in [2.05, 4.69) is 0 Å². The first-order valence-corrected chi connectivity index (χ1v) is 9.50. The fourth-order valence-corrected chi connectivity index (χ4v) is 4.82. The zero-order valence-corrected chi connectivity index (χ0v) is 14.4. The molecule has 0 N–H and O–H groups in total. The molecule has 1 spiro atoms. The van der Waals surface area contributed by atoms with Gasteiger partial charge in [0.15, 0.2) is 0 Å². The van der Waals surface area contributed by atoms with Crippen molar-refractivity contribution in [2.75, 3.05) is 7.05 Å². The van der Waals surface area contributed by atoms with Crippen LogP contribution in [0.1, 0.15) is 44.1 Å². The minimum absolute atomic E-state index is 0.0788.